The normalized spacial score (nSPS) is 15.0. The second kappa shape index (κ2) is 9.43. The number of ether oxygens (including phenoxy) is 3. The van der Waals surface area contributed by atoms with Crippen molar-refractivity contribution in [3.8, 4) is 5.75 Å². The van der Waals surface area contributed by atoms with Crippen LogP contribution in [0.5, 0.6) is 5.75 Å². The second-order valence-electron chi connectivity index (χ2n) is 5.49. The number of amides is 1. The zero-order valence-corrected chi connectivity index (χ0v) is 13.2. The van der Waals surface area contributed by atoms with Crippen LogP contribution in [0, 0.1) is 0 Å². The predicted molar refractivity (Wildman–Crippen MR) is 83.9 cm³/mol. The molecule has 0 saturated heterocycles. The highest BCUT2D eigenvalue weighted by atomic mass is 16.5. The van der Waals surface area contributed by atoms with E-state index in [2.05, 4.69) is 5.32 Å². The third-order valence-corrected chi connectivity index (χ3v) is 3.68. The summed E-state index contributed by atoms with van der Waals surface area (Å²) in [4.78, 5) is 11.6. The molecule has 1 aliphatic rings. The molecule has 5 heteroatoms. The molecule has 0 unspecified atom stereocenters. The Morgan fingerprint density at radius 3 is 2.59 bits per heavy atom. The molecule has 5 nitrogen and oxygen atoms in total. The minimum atomic E-state index is -0.123. The Kier molecular flexibility index (Phi) is 7.19. The molecule has 0 aliphatic heterocycles. The topological polar surface area (TPSA) is 56.8 Å². The van der Waals surface area contributed by atoms with Crippen molar-refractivity contribution < 1.29 is 19.0 Å². The highest BCUT2D eigenvalue weighted by molar-refractivity contribution is 5.77. The van der Waals surface area contributed by atoms with Crippen molar-refractivity contribution in [3.63, 3.8) is 0 Å². The Morgan fingerprint density at radius 1 is 1.18 bits per heavy atom. The second-order valence-corrected chi connectivity index (χ2v) is 5.49. The summed E-state index contributed by atoms with van der Waals surface area (Å²) in [6.45, 7) is 1.48. The molecule has 122 valence electrons. The highest BCUT2D eigenvalue weighted by Crippen LogP contribution is 2.24. The maximum Gasteiger partial charge on any atom is 0.246 e. The zero-order chi connectivity index (χ0) is 15.6. The number of hydrogen-bond acceptors (Lipinski definition) is 4. The summed E-state index contributed by atoms with van der Waals surface area (Å²) >= 11 is 0. The summed E-state index contributed by atoms with van der Waals surface area (Å²) in [5.41, 5.74) is 1.05. The van der Waals surface area contributed by atoms with E-state index in [4.69, 9.17) is 14.2 Å². The number of benzene rings is 1. The Hall–Kier alpha value is -1.59. The molecule has 2 rings (SSSR count). The van der Waals surface area contributed by atoms with E-state index >= 15 is 0 Å². The van der Waals surface area contributed by atoms with Gasteiger partial charge in [0, 0.05) is 13.7 Å². The largest absolute Gasteiger partial charge is 0.490 e. The van der Waals surface area contributed by atoms with E-state index in [0.717, 1.165) is 24.2 Å². The molecule has 1 aliphatic carbocycles. The quantitative estimate of drug-likeness (QED) is 0.711. The van der Waals surface area contributed by atoms with Gasteiger partial charge in [-0.05, 0) is 43.4 Å². The van der Waals surface area contributed by atoms with E-state index in [1.54, 1.807) is 7.11 Å². The van der Waals surface area contributed by atoms with E-state index in [-0.39, 0.29) is 12.5 Å². The van der Waals surface area contributed by atoms with Gasteiger partial charge in [-0.2, -0.15) is 0 Å². The van der Waals surface area contributed by atoms with Crippen molar-refractivity contribution in [1.29, 1.82) is 0 Å². The molecule has 22 heavy (non-hydrogen) atoms. The summed E-state index contributed by atoms with van der Waals surface area (Å²) in [6.07, 6.45) is 5.21. The zero-order valence-electron chi connectivity index (χ0n) is 13.2. The first-order valence-electron chi connectivity index (χ1n) is 7.87. The van der Waals surface area contributed by atoms with Crippen LogP contribution in [-0.2, 0) is 20.8 Å². The third-order valence-electron chi connectivity index (χ3n) is 3.68. The summed E-state index contributed by atoms with van der Waals surface area (Å²) in [5.74, 6) is 0.785. The minimum Gasteiger partial charge on any atom is -0.490 e. The van der Waals surface area contributed by atoms with Gasteiger partial charge >= 0.3 is 0 Å². The Balaban J connectivity index is 1.66. The van der Waals surface area contributed by atoms with Crippen LogP contribution in [0.1, 0.15) is 31.2 Å². The Bertz CT molecular complexity index is 440. The van der Waals surface area contributed by atoms with E-state index in [1.165, 1.54) is 12.8 Å². The van der Waals surface area contributed by atoms with Gasteiger partial charge in [0.15, 0.2) is 0 Å². The fraction of sp³-hybridized carbons (Fsp3) is 0.588. The van der Waals surface area contributed by atoms with Gasteiger partial charge in [-0.3, -0.25) is 4.79 Å². The van der Waals surface area contributed by atoms with Crippen LogP contribution in [0.4, 0.5) is 0 Å². The summed E-state index contributed by atoms with van der Waals surface area (Å²) in [5, 5.41) is 2.82. The molecule has 1 aromatic carbocycles. The van der Waals surface area contributed by atoms with Gasteiger partial charge in [0.2, 0.25) is 5.91 Å². The van der Waals surface area contributed by atoms with Crippen LogP contribution in [0.15, 0.2) is 24.3 Å². The molecule has 0 atom stereocenters. The SMILES string of the molecule is COCCOCC(=O)NCc1ccc(OC2CCCC2)cc1. The van der Waals surface area contributed by atoms with Gasteiger partial charge in [0.1, 0.15) is 12.4 Å². The van der Waals surface area contributed by atoms with Gasteiger partial charge in [-0.1, -0.05) is 12.1 Å². The standard InChI is InChI=1S/C17H25NO4/c1-20-10-11-21-13-17(19)18-12-14-6-8-16(9-7-14)22-15-4-2-3-5-15/h6-9,15H,2-5,10-13H2,1H3,(H,18,19). The lowest BCUT2D eigenvalue weighted by Crippen LogP contribution is -2.27. The number of carbonyl (C=O) groups excluding carboxylic acids is 1. The van der Waals surface area contributed by atoms with Gasteiger partial charge < -0.3 is 19.5 Å². The summed E-state index contributed by atoms with van der Waals surface area (Å²) in [6, 6.07) is 7.90. The molecule has 1 saturated carbocycles. The van der Waals surface area contributed by atoms with Crippen molar-refractivity contribution in [2.75, 3.05) is 26.9 Å². The van der Waals surface area contributed by atoms with E-state index in [9.17, 15) is 4.79 Å². The van der Waals surface area contributed by atoms with Crippen LogP contribution in [0.2, 0.25) is 0 Å². The molecule has 0 aromatic heterocycles. The smallest absolute Gasteiger partial charge is 0.246 e. The first kappa shape index (κ1) is 16.8. The van der Waals surface area contributed by atoms with E-state index in [1.807, 2.05) is 24.3 Å². The Morgan fingerprint density at radius 2 is 1.91 bits per heavy atom. The summed E-state index contributed by atoms with van der Waals surface area (Å²) in [7, 11) is 1.60. The fourth-order valence-electron chi connectivity index (χ4n) is 2.44. The lowest BCUT2D eigenvalue weighted by molar-refractivity contribution is -0.126. The molecule has 1 amide bonds. The average Bonchev–Trinajstić information content (AvgIpc) is 3.04. The lowest BCUT2D eigenvalue weighted by atomic mass is 10.2. The minimum absolute atomic E-state index is 0.0617. The van der Waals surface area contributed by atoms with Gasteiger partial charge in [0.25, 0.3) is 0 Å². The van der Waals surface area contributed by atoms with Gasteiger partial charge in [0.05, 0.1) is 19.3 Å². The fourth-order valence-corrected chi connectivity index (χ4v) is 2.44. The van der Waals surface area contributed by atoms with Crippen LogP contribution in [-0.4, -0.2) is 38.9 Å². The van der Waals surface area contributed by atoms with Crippen LogP contribution >= 0.6 is 0 Å². The molecule has 1 N–H and O–H groups in total. The monoisotopic (exact) mass is 307 g/mol. The van der Waals surface area contributed by atoms with Crippen molar-refractivity contribution >= 4 is 5.91 Å². The van der Waals surface area contributed by atoms with Crippen LogP contribution < -0.4 is 10.1 Å². The van der Waals surface area contributed by atoms with E-state index < -0.39 is 0 Å². The molecule has 1 aromatic rings. The lowest BCUT2D eigenvalue weighted by Gasteiger charge is -2.13. The van der Waals surface area contributed by atoms with Crippen molar-refractivity contribution in [3.05, 3.63) is 29.8 Å². The highest BCUT2D eigenvalue weighted by Gasteiger charge is 2.16. The summed E-state index contributed by atoms with van der Waals surface area (Å²) < 4.78 is 15.9. The number of methoxy groups -OCH3 is 1. The molecule has 0 radical (unpaired) electrons. The maximum absolute atomic E-state index is 11.6. The number of carbonyl (C=O) groups is 1. The molecule has 1 fully saturated rings. The van der Waals surface area contributed by atoms with Crippen LogP contribution in [0.3, 0.4) is 0 Å². The average molecular weight is 307 g/mol. The third kappa shape index (κ3) is 6.03. The van der Waals surface area contributed by atoms with Crippen molar-refractivity contribution in [2.24, 2.45) is 0 Å². The number of nitrogens with one attached hydrogen (secondary N) is 1. The molecule has 0 heterocycles. The molecular weight excluding hydrogens is 282 g/mol. The van der Waals surface area contributed by atoms with Crippen molar-refractivity contribution in [1.82, 2.24) is 5.32 Å². The molecule has 0 spiro atoms. The van der Waals surface area contributed by atoms with Crippen molar-refractivity contribution in [2.45, 2.75) is 38.3 Å². The predicted octanol–water partition coefficient (Wildman–Crippen LogP) is 2.29. The maximum atomic E-state index is 11.6. The number of hydrogen-bond donors (Lipinski definition) is 1. The molecular formula is C17H25NO4. The molecule has 0 bridgehead atoms. The Labute approximate surface area is 131 Å². The number of rotatable bonds is 9. The first-order valence-corrected chi connectivity index (χ1v) is 7.87. The van der Waals surface area contributed by atoms with Gasteiger partial charge in [-0.25, -0.2) is 0 Å². The van der Waals surface area contributed by atoms with Gasteiger partial charge in [-0.15, -0.1) is 0 Å². The van der Waals surface area contributed by atoms with Crippen LogP contribution in [0.25, 0.3) is 0 Å². The first-order chi connectivity index (χ1) is 10.8. The van der Waals surface area contributed by atoms with E-state index in [0.29, 0.717) is 25.9 Å².